The van der Waals surface area contributed by atoms with Crippen LogP contribution in [0.5, 0.6) is 0 Å². The maximum Gasteiger partial charge on any atom is 0.230 e. The van der Waals surface area contributed by atoms with E-state index in [0.717, 1.165) is 47.5 Å². The molecular formula is C20H23FN4OS. The number of nitrogens with zero attached hydrogens (tertiary/aromatic N) is 2. The van der Waals surface area contributed by atoms with E-state index in [1.807, 2.05) is 12.3 Å². The van der Waals surface area contributed by atoms with Gasteiger partial charge >= 0.3 is 0 Å². The molecule has 1 saturated heterocycles. The van der Waals surface area contributed by atoms with Crippen LogP contribution in [0.25, 0.3) is 10.9 Å². The molecule has 142 valence electrons. The molecule has 3 aromatic rings. The minimum absolute atomic E-state index is 0.137. The van der Waals surface area contributed by atoms with E-state index in [-0.39, 0.29) is 18.1 Å². The zero-order chi connectivity index (χ0) is 18.8. The summed E-state index contributed by atoms with van der Waals surface area (Å²) >= 11 is 1.45. The van der Waals surface area contributed by atoms with Gasteiger partial charge in [-0.25, -0.2) is 9.37 Å². The lowest BCUT2D eigenvalue weighted by Crippen LogP contribution is -2.29. The van der Waals surface area contributed by atoms with Crippen LogP contribution in [0.2, 0.25) is 0 Å². The average molecular weight is 386 g/mol. The Labute approximate surface area is 161 Å². The molecule has 5 nitrogen and oxygen atoms in total. The largest absolute Gasteiger partial charge is 0.358 e. The van der Waals surface area contributed by atoms with Crippen molar-refractivity contribution >= 4 is 33.3 Å². The van der Waals surface area contributed by atoms with Crippen molar-refractivity contribution in [1.29, 1.82) is 0 Å². The fourth-order valence-corrected chi connectivity index (χ4v) is 4.41. The number of hydrogen-bond acceptors (Lipinski definition) is 4. The van der Waals surface area contributed by atoms with E-state index >= 15 is 0 Å². The third-order valence-electron chi connectivity index (χ3n) is 5.05. The summed E-state index contributed by atoms with van der Waals surface area (Å²) in [5, 5.41) is 6.28. The summed E-state index contributed by atoms with van der Waals surface area (Å²) in [7, 11) is 0. The standard InChI is InChI=1S/C20H23FN4OS/c1-13-16(17-9-14(21)5-6-18(17)22-13)10-19(26)24-20-23-15(12-27-20)11-25-7-3-2-4-8-25/h5-6,9,12,22H,2-4,7-8,10-11H2,1H3,(H,23,24,26). The second kappa shape index (κ2) is 7.78. The number of carbonyl (C=O) groups excluding carboxylic acids is 1. The molecular weight excluding hydrogens is 363 g/mol. The van der Waals surface area contributed by atoms with Crippen LogP contribution in [0.4, 0.5) is 9.52 Å². The molecule has 0 atom stereocenters. The maximum absolute atomic E-state index is 13.6. The van der Waals surface area contributed by atoms with Gasteiger partial charge in [0.15, 0.2) is 5.13 Å². The van der Waals surface area contributed by atoms with Crippen LogP contribution >= 0.6 is 11.3 Å². The number of aryl methyl sites for hydroxylation is 1. The zero-order valence-electron chi connectivity index (χ0n) is 15.3. The van der Waals surface area contributed by atoms with Crippen molar-refractivity contribution in [3.63, 3.8) is 0 Å². The van der Waals surface area contributed by atoms with E-state index in [9.17, 15) is 9.18 Å². The highest BCUT2D eigenvalue weighted by Crippen LogP contribution is 2.24. The molecule has 1 aliphatic heterocycles. The monoisotopic (exact) mass is 386 g/mol. The highest BCUT2D eigenvalue weighted by Gasteiger charge is 2.16. The second-order valence-electron chi connectivity index (χ2n) is 7.12. The van der Waals surface area contributed by atoms with E-state index in [1.54, 1.807) is 6.07 Å². The third kappa shape index (κ3) is 4.20. The van der Waals surface area contributed by atoms with E-state index in [1.165, 1.54) is 42.7 Å². The Balaban J connectivity index is 1.41. The molecule has 1 fully saturated rings. The molecule has 0 radical (unpaired) electrons. The number of carbonyl (C=O) groups is 1. The van der Waals surface area contributed by atoms with Gasteiger partial charge in [0.1, 0.15) is 5.82 Å². The first-order valence-corrected chi connectivity index (χ1v) is 10.2. The van der Waals surface area contributed by atoms with E-state index in [0.29, 0.717) is 5.13 Å². The van der Waals surface area contributed by atoms with Gasteiger partial charge in [0.2, 0.25) is 5.91 Å². The minimum atomic E-state index is -0.301. The lowest BCUT2D eigenvalue weighted by Gasteiger charge is -2.25. The molecule has 0 aliphatic carbocycles. The average Bonchev–Trinajstić information content (AvgIpc) is 3.20. The van der Waals surface area contributed by atoms with E-state index < -0.39 is 0 Å². The van der Waals surface area contributed by atoms with Crippen LogP contribution in [0, 0.1) is 12.7 Å². The molecule has 1 aliphatic rings. The SMILES string of the molecule is Cc1[nH]c2ccc(F)cc2c1CC(=O)Nc1nc(CN2CCCCC2)cs1. The molecule has 1 amide bonds. The Morgan fingerprint density at radius 1 is 1.33 bits per heavy atom. The quantitative estimate of drug-likeness (QED) is 0.689. The smallest absolute Gasteiger partial charge is 0.230 e. The number of likely N-dealkylation sites (tertiary alicyclic amines) is 1. The molecule has 2 aromatic heterocycles. The minimum Gasteiger partial charge on any atom is -0.358 e. The van der Waals surface area contributed by atoms with Crippen LogP contribution in [-0.4, -0.2) is 33.9 Å². The number of H-pyrrole nitrogens is 1. The fourth-order valence-electron chi connectivity index (χ4n) is 3.69. The molecule has 2 N–H and O–H groups in total. The predicted molar refractivity (Wildman–Crippen MR) is 107 cm³/mol. The Bertz CT molecular complexity index is 958. The van der Waals surface area contributed by atoms with Gasteiger partial charge in [-0.1, -0.05) is 6.42 Å². The number of piperidine rings is 1. The number of aromatic nitrogens is 2. The van der Waals surface area contributed by atoms with Gasteiger partial charge < -0.3 is 10.3 Å². The van der Waals surface area contributed by atoms with Crippen LogP contribution < -0.4 is 5.32 Å². The van der Waals surface area contributed by atoms with Crippen molar-refractivity contribution < 1.29 is 9.18 Å². The van der Waals surface area contributed by atoms with Crippen molar-refractivity contribution in [1.82, 2.24) is 14.9 Å². The number of fused-ring (bicyclic) bond motifs is 1. The summed E-state index contributed by atoms with van der Waals surface area (Å²) in [5.41, 5.74) is 3.56. The number of halogens is 1. The van der Waals surface area contributed by atoms with E-state index in [4.69, 9.17) is 0 Å². The summed E-state index contributed by atoms with van der Waals surface area (Å²) in [6.45, 7) is 4.99. The number of aromatic amines is 1. The van der Waals surface area contributed by atoms with Crippen LogP contribution in [0.3, 0.4) is 0 Å². The Hall–Kier alpha value is -2.25. The van der Waals surface area contributed by atoms with Crippen molar-refractivity contribution in [2.45, 2.75) is 39.2 Å². The summed E-state index contributed by atoms with van der Waals surface area (Å²) in [4.78, 5) is 22.7. The van der Waals surface area contributed by atoms with E-state index in [2.05, 4.69) is 20.2 Å². The topological polar surface area (TPSA) is 61.0 Å². The van der Waals surface area contributed by atoms with Crippen molar-refractivity contribution in [3.05, 3.63) is 46.3 Å². The highest BCUT2D eigenvalue weighted by atomic mass is 32.1. The second-order valence-corrected chi connectivity index (χ2v) is 7.98. The molecule has 27 heavy (non-hydrogen) atoms. The van der Waals surface area contributed by atoms with Crippen molar-refractivity contribution in [3.8, 4) is 0 Å². The molecule has 1 aromatic carbocycles. The van der Waals surface area contributed by atoms with Gasteiger partial charge in [0, 0.05) is 28.5 Å². The van der Waals surface area contributed by atoms with Gasteiger partial charge in [-0.2, -0.15) is 0 Å². The molecule has 0 spiro atoms. The molecule has 4 rings (SSSR count). The normalized spacial score (nSPS) is 15.3. The fraction of sp³-hybridized carbons (Fsp3) is 0.400. The first-order chi connectivity index (χ1) is 13.1. The number of nitrogens with one attached hydrogen (secondary N) is 2. The Kier molecular flexibility index (Phi) is 5.22. The number of anilines is 1. The molecule has 0 bridgehead atoms. The Morgan fingerprint density at radius 2 is 2.15 bits per heavy atom. The van der Waals surface area contributed by atoms with Gasteiger partial charge in [0.05, 0.1) is 12.1 Å². The predicted octanol–water partition coefficient (Wildman–Crippen LogP) is 4.24. The zero-order valence-corrected chi connectivity index (χ0v) is 16.2. The summed E-state index contributed by atoms with van der Waals surface area (Å²) in [6.07, 6.45) is 4.00. The van der Waals surface area contributed by atoms with Gasteiger partial charge in [-0.15, -0.1) is 11.3 Å². The van der Waals surface area contributed by atoms with Gasteiger partial charge in [0.25, 0.3) is 0 Å². The maximum atomic E-state index is 13.6. The van der Waals surface area contributed by atoms with Crippen LogP contribution in [0.1, 0.15) is 36.2 Å². The first-order valence-electron chi connectivity index (χ1n) is 9.32. The Morgan fingerprint density at radius 3 is 2.96 bits per heavy atom. The number of benzene rings is 1. The van der Waals surface area contributed by atoms with Crippen molar-refractivity contribution in [2.75, 3.05) is 18.4 Å². The molecule has 7 heteroatoms. The summed E-state index contributed by atoms with van der Waals surface area (Å²) < 4.78 is 13.6. The first kappa shape index (κ1) is 18.1. The molecule has 0 saturated carbocycles. The number of hydrogen-bond donors (Lipinski definition) is 2. The van der Waals surface area contributed by atoms with Gasteiger partial charge in [-0.05, 0) is 56.6 Å². The number of thiazole rings is 1. The lowest BCUT2D eigenvalue weighted by atomic mass is 10.1. The van der Waals surface area contributed by atoms with Crippen molar-refractivity contribution in [2.24, 2.45) is 0 Å². The molecule has 0 unspecified atom stereocenters. The number of rotatable bonds is 5. The highest BCUT2D eigenvalue weighted by molar-refractivity contribution is 7.13. The summed E-state index contributed by atoms with van der Waals surface area (Å²) in [6, 6.07) is 4.59. The lowest BCUT2D eigenvalue weighted by molar-refractivity contribution is -0.115. The van der Waals surface area contributed by atoms with Gasteiger partial charge in [-0.3, -0.25) is 9.69 Å². The third-order valence-corrected chi connectivity index (χ3v) is 5.86. The molecule has 3 heterocycles. The van der Waals surface area contributed by atoms with Crippen LogP contribution in [0.15, 0.2) is 23.6 Å². The summed E-state index contributed by atoms with van der Waals surface area (Å²) in [5.74, 6) is -0.437. The van der Waals surface area contributed by atoms with Crippen LogP contribution in [-0.2, 0) is 17.8 Å². The number of amides is 1.